The number of nitrogens with zero attached hydrogens (tertiary/aromatic N) is 1. The van der Waals surface area contributed by atoms with Crippen LogP contribution in [0.15, 0.2) is 11.4 Å². The van der Waals surface area contributed by atoms with E-state index in [-0.39, 0.29) is 5.91 Å². The number of carbonyl (C=O) groups is 1. The van der Waals surface area contributed by atoms with Crippen molar-refractivity contribution in [3.05, 3.63) is 21.9 Å². The maximum Gasteiger partial charge on any atom is 0.264 e. The van der Waals surface area contributed by atoms with Crippen LogP contribution < -0.4 is 5.32 Å². The highest BCUT2D eigenvalue weighted by molar-refractivity contribution is 7.12. The zero-order chi connectivity index (χ0) is 14.4. The molecule has 0 bridgehead atoms. The van der Waals surface area contributed by atoms with Crippen molar-refractivity contribution in [3.8, 4) is 0 Å². The van der Waals surface area contributed by atoms with E-state index in [1.54, 1.807) is 11.3 Å². The molecule has 1 aromatic rings. The van der Waals surface area contributed by atoms with Crippen LogP contribution in [0.25, 0.3) is 0 Å². The van der Waals surface area contributed by atoms with E-state index in [9.17, 15) is 4.79 Å². The van der Waals surface area contributed by atoms with Crippen LogP contribution in [-0.4, -0.2) is 37.0 Å². The second kappa shape index (κ2) is 7.79. The molecule has 1 N–H and O–H groups in total. The van der Waals surface area contributed by atoms with Crippen LogP contribution in [0.5, 0.6) is 0 Å². The summed E-state index contributed by atoms with van der Waals surface area (Å²) >= 11 is 1.59. The second-order valence-electron chi connectivity index (χ2n) is 5.59. The van der Waals surface area contributed by atoms with Gasteiger partial charge in [-0.15, -0.1) is 11.3 Å². The SMILES string of the molecule is CCCN(CC1CCCNC1)C(=O)c1sccc1CC. The first-order chi connectivity index (χ1) is 9.76. The van der Waals surface area contributed by atoms with E-state index in [4.69, 9.17) is 0 Å². The second-order valence-corrected chi connectivity index (χ2v) is 6.51. The molecular weight excluding hydrogens is 268 g/mol. The van der Waals surface area contributed by atoms with Crippen LogP contribution in [0.4, 0.5) is 0 Å². The lowest BCUT2D eigenvalue weighted by Gasteiger charge is -2.30. The Morgan fingerprint density at radius 3 is 3.00 bits per heavy atom. The van der Waals surface area contributed by atoms with Crippen molar-refractivity contribution in [2.45, 2.75) is 39.5 Å². The first-order valence-electron chi connectivity index (χ1n) is 7.82. The molecular formula is C16H26N2OS. The minimum atomic E-state index is 0.240. The van der Waals surface area contributed by atoms with Gasteiger partial charge in [0.25, 0.3) is 5.91 Å². The topological polar surface area (TPSA) is 32.3 Å². The zero-order valence-electron chi connectivity index (χ0n) is 12.7. The predicted octanol–water partition coefficient (Wildman–Crippen LogP) is 3.16. The van der Waals surface area contributed by atoms with Gasteiger partial charge in [0.1, 0.15) is 0 Å². The zero-order valence-corrected chi connectivity index (χ0v) is 13.5. The highest BCUT2D eigenvalue weighted by Gasteiger charge is 2.23. The molecule has 0 saturated carbocycles. The maximum atomic E-state index is 12.8. The summed E-state index contributed by atoms with van der Waals surface area (Å²) in [5.41, 5.74) is 1.20. The van der Waals surface area contributed by atoms with Gasteiger partial charge in [0.2, 0.25) is 0 Å². The lowest BCUT2D eigenvalue weighted by Crippen LogP contribution is -2.41. The van der Waals surface area contributed by atoms with E-state index in [0.717, 1.165) is 43.9 Å². The molecule has 0 aliphatic carbocycles. The largest absolute Gasteiger partial charge is 0.338 e. The molecule has 1 aromatic heterocycles. The Labute approximate surface area is 126 Å². The smallest absolute Gasteiger partial charge is 0.264 e. The summed E-state index contributed by atoms with van der Waals surface area (Å²) < 4.78 is 0. The monoisotopic (exact) mass is 294 g/mol. The number of rotatable bonds is 6. The quantitative estimate of drug-likeness (QED) is 0.874. The van der Waals surface area contributed by atoms with Gasteiger partial charge in [-0.25, -0.2) is 0 Å². The molecule has 4 heteroatoms. The Balaban J connectivity index is 2.04. The summed E-state index contributed by atoms with van der Waals surface area (Å²) in [6, 6.07) is 2.09. The summed E-state index contributed by atoms with van der Waals surface area (Å²) in [6.45, 7) is 8.22. The maximum absolute atomic E-state index is 12.8. The number of amides is 1. The molecule has 112 valence electrons. The minimum Gasteiger partial charge on any atom is -0.338 e. The van der Waals surface area contributed by atoms with Gasteiger partial charge in [-0.1, -0.05) is 13.8 Å². The van der Waals surface area contributed by atoms with Gasteiger partial charge < -0.3 is 10.2 Å². The van der Waals surface area contributed by atoms with Crippen molar-refractivity contribution in [2.24, 2.45) is 5.92 Å². The van der Waals surface area contributed by atoms with Crippen LogP contribution in [0.1, 0.15) is 48.3 Å². The normalized spacial score (nSPS) is 19.0. The van der Waals surface area contributed by atoms with E-state index in [1.807, 2.05) is 5.38 Å². The third kappa shape index (κ3) is 3.83. The van der Waals surface area contributed by atoms with Crippen LogP contribution in [0, 0.1) is 5.92 Å². The highest BCUT2D eigenvalue weighted by Crippen LogP contribution is 2.21. The lowest BCUT2D eigenvalue weighted by molar-refractivity contribution is 0.0722. The summed E-state index contributed by atoms with van der Waals surface area (Å²) in [5.74, 6) is 0.855. The molecule has 2 rings (SSSR count). The molecule has 1 aliphatic rings. The van der Waals surface area contributed by atoms with Gasteiger partial charge in [0, 0.05) is 13.1 Å². The van der Waals surface area contributed by atoms with Crippen LogP contribution in [0.3, 0.4) is 0 Å². The fourth-order valence-electron chi connectivity index (χ4n) is 2.88. The Morgan fingerprint density at radius 1 is 1.50 bits per heavy atom. The number of hydrogen-bond donors (Lipinski definition) is 1. The Morgan fingerprint density at radius 2 is 2.35 bits per heavy atom. The highest BCUT2D eigenvalue weighted by atomic mass is 32.1. The van der Waals surface area contributed by atoms with E-state index >= 15 is 0 Å². The van der Waals surface area contributed by atoms with Crippen molar-refractivity contribution in [1.29, 1.82) is 0 Å². The molecule has 20 heavy (non-hydrogen) atoms. The molecule has 1 atom stereocenters. The first kappa shape index (κ1) is 15.5. The summed E-state index contributed by atoms with van der Waals surface area (Å²) in [6.07, 6.45) is 4.44. The number of piperidine rings is 1. The molecule has 0 radical (unpaired) electrons. The van der Waals surface area contributed by atoms with E-state index in [1.165, 1.54) is 18.4 Å². The first-order valence-corrected chi connectivity index (χ1v) is 8.70. The molecule has 2 heterocycles. The fraction of sp³-hybridized carbons (Fsp3) is 0.688. The summed E-state index contributed by atoms with van der Waals surface area (Å²) in [4.78, 5) is 15.8. The van der Waals surface area contributed by atoms with Gasteiger partial charge >= 0.3 is 0 Å². The van der Waals surface area contributed by atoms with Crippen LogP contribution in [-0.2, 0) is 6.42 Å². The molecule has 1 unspecified atom stereocenters. The third-order valence-corrected chi connectivity index (χ3v) is 4.92. The minimum absolute atomic E-state index is 0.240. The van der Waals surface area contributed by atoms with Gasteiger partial charge in [-0.3, -0.25) is 4.79 Å². The summed E-state index contributed by atoms with van der Waals surface area (Å²) in [5, 5.41) is 5.48. The number of hydrogen-bond acceptors (Lipinski definition) is 3. The molecule has 0 aromatic carbocycles. The predicted molar refractivity (Wildman–Crippen MR) is 85.5 cm³/mol. The van der Waals surface area contributed by atoms with Crippen molar-refractivity contribution in [3.63, 3.8) is 0 Å². The number of carbonyl (C=O) groups excluding carboxylic acids is 1. The van der Waals surface area contributed by atoms with Crippen LogP contribution in [0.2, 0.25) is 0 Å². The average Bonchev–Trinajstić information content (AvgIpc) is 2.95. The number of nitrogens with one attached hydrogen (secondary N) is 1. The number of aryl methyl sites for hydroxylation is 1. The van der Waals surface area contributed by atoms with Crippen molar-refractivity contribution >= 4 is 17.2 Å². The van der Waals surface area contributed by atoms with Crippen molar-refractivity contribution in [2.75, 3.05) is 26.2 Å². The standard InChI is InChI=1S/C16H26N2OS/c1-3-9-18(12-13-6-5-8-17-11-13)16(19)15-14(4-2)7-10-20-15/h7,10,13,17H,3-6,8-9,11-12H2,1-2H3. The molecule has 1 amide bonds. The van der Waals surface area contributed by atoms with Gasteiger partial charge in [0.05, 0.1) is 4.88 Å². The fourth-order valence-corrected chi connectivity index (χ4v) is 3.84. The Hall–Kier alpha value is -0.870. The molecule has 1 saturated heterocycles. The van der Waals surface area contributed by atoms with E-state index in [0.29, 0.717) is 5.92 Å². The Bertz CT molecular complexity index is 424. The van der Waals surface area contributed by atoms with Gasteiger partial charge in [-0.05, 0) is 61.7 Å². The molecule has 1 fully saturated rings. The van der Waals surface area contributed by atoms with Gasteiger partial charge in [0.15, 0.2) is 0 Å². The summed E-state index contributed by atoms with van der Waals surface area (Å²) in [7, 11) is 0. The average molecular weight is 294 g/mol. The molecule has 3 nitrogen and oxygen atoms in total. The van der Waals surface area contributed by atoms with E-state index in [2.05, 4.69) is 30.1 Å². The van der Waals surface area contributed by atoms with Crippen LogP contribution >= 0.6 is 11.3 Å². The van der Waals surface area contributed by atoms with Crippen molar-refractivity contribution in [1.82, 2.24) is 10.2 Å². The molecule has 1 aliphatic heterocycles. The Kier molecular flexibility index (Phi) is 6.05. The van der Waals surface area contributed by atoms with Gasteiger partial charge in [-0.2, -0.15) is 0 Å². The molecule has 0 spiro atoms. The van der Waals surface area contributed by atoms with Crippen molar-refractivity contribution < 1.29 is 4.79 Å². The number of thiophene rings is 1. The lowest BCUT2D eigenvalue weighted by atomic mass is 9.99. The third-order valence-electron chi connectivity index (χ3n) is 3.98. The van der Waals surface area contributed by atoms with E-state index < -0.39 is 0 Å².